The van der Waals surface area contributed by atoms with E-state index in [1.807, 2.05) is 13.8 Å². The van der Waals surface area contributed by atoms with Crippen LogP contribution in [-0.2, 0) is 6.61 Å². The molecule has 0 aromatic heterocycles. The van der Waals surface area contributed by atoms with Crippen LogP contribution in [0.2, 0.25) is 0 Å². The van der Waals surface area contributed by atoms with Crippen molar-refractivity contribution in [2.45, 2.75) is 20.5 Å². The molecule has 0 aliphatic rings. The van der Waals surface area contributed by atoms with Gasteiger partial charge in [0.1, 0.15) is 11.6 Å². The summed E-state index contributed by atoms with van der Waals surface area (Å²) >= 11 is 0. The second kappa shape index (κ2) is 4.96. The summed E-state index contributed by atoms with van der Waals surface area (Å²) in [5, 5.41) is 8.84. The Bertz CT molecular complexity index is 297. The molecule has 0 aliphatic carbocycles. The van der Waals surface area contributed by atoms with Crippen molar-refractivity contribution in [1.29, 1.82) is 0 Å². The first-order valence-electron chi connectivity index (χ1n) is 4.65. The SMILES string of the molecule is CC(C)COc1cc(F)cc(CO)c1. The van der Waals surface area contributed by atoms with Crippen molar-refractivity contribution < 1.29 is 14.2 Å². The Morgan fingerprint density at radius 1 is 1.36 bits per heavy atom. The van der Waals surface area contributed by atoms with E-state index < -0.39 is 0 Å². The summed E-state index contributed by atoms with van der Waals surface area (Å²) in [5.41, 5.74) is 0.531. The monoisotopic (exact) mass is 198 g/mol. The largest absolute Gasteiger partial charge is 0.493 e. The van der Waals surface area contributed by atoms with Crippen LogP contribution in [0, 0.1) is 11.7 Å². The first kappa shape index (κ1) is 11.0. The van der Waals surface area contributed by atoms with Crippen LogP contribution in [-0.4, -0.2) is 11.7 Å². The van der Waals surface area contributed by atoms with Crippen LogP contribution >= 0.6 is 0 Å². The molecule has 0 fully saturated rings. The van der Waals surface area contributed by atoms with Gasteiger partial charge in [0.05, 0.1) is 13.2 Å². The van der Waals surface area contributed by atoms with Gasteiger partial charge in [0.25, 0.3) is 0 Å². The minimum atomic E-state index is -0.379. The first-order chi connectivity index (χ1) is 6.61. The molecule has 0 saturated carbocycles. The van der Waals surface area contributed by atoms with Crippen LogP contribution in [0.4, 0.5) is 4.39 Å². The second-order valence-electron chi connectivity index (χ2n) is 3.66. The molecule has 3 heteroatoms. The van der Waals surface area contributed by atoms with Crippen LogP contribution < -0.4 is 4.74 Å². The van der Waals surface area contributed by atoms with E-state index in [1.165, 1.54) is 12.1 Å². The predicted octanol–water partition coefficient (Wildman–Crippen LogP) is 2.35. The van der Waals surface area contributed by atoms with Gasteiger partial charge in [-0.25, -0.2) is 4.39 Å². The molecule has 0 radical (unpaired) electrons. The van der Waals surface area contributed by atoms with Crippen LogP contribution in [0.5, 0.6) is 5.75 Å². The minimum absolute atomic E-state index is 0.171. The highest BCUT2D eigenvalue weighted by Crippen LogP contribution is 2.17. The van der Waals surface area contributed by atoms with Crippen molar-refractivity contribution in [2.24, 2.45) is 5.92 Å². The molecular formula is C11H15FO2. The number of hydrogen-bond acceptors (Lipinski definition) is 2. The standard InChI is InChI=1S/C11H15FO2/c1-8(2)7-14-11-4-9(6-13)3-10(12)5-11/h3-5,8,13H,6-7H2,1-2H3. The molecule has 0 bridgehead atoms. The van der Waals surface area contributed by atoms with Gasteiger partial charge in [-0.3, -0.25) is 0 Å². The number of aliphatic hydroxyl groups is 1. The number of aliphatic hydroxyl groups excluding tert-OH is 1. The third kappa shape index (κ3) is 3.34. The van der Waals surface area contributed by atoms with Crippen molar-refractivity contribution in [3.63, 3.8) is 0 Å². The summed E-state index contributed by atoms with van der Waals surface area (Å²) in [4.78, 5) is 0. The van der Waals surface area contributed by atoms with E-state index in [-0.39, 0.29) is 12.4 Å². The maximum atomic E-state index is 12.9. The van der Waals surface area contributed by atoms with E-state index in [9.17, 15) is 4.39 Å². The zero-order valence-electron chi connectivity index (χ0n) is 8.46. The lowest BCUT2D eigenvalue weighted by Gasteiger charge is -2.09. The molecular weight excluding hydrogens is 183 g/mol. The Balaban J connectivity index is 2.71. The molecule has 14 heavy (non-hydrogen) atoms. The Morgan fingerprint density at radius 3 is 2.64 bits per heavy atom. The summed E-state index contributed by atoms with van der Waals surface area (Å²) in [6, 6.07) is 4.26. The lowest BCUT2D eigenvalue weighted by atomic mass is 10.2. The molecule has 1 aromatic rings. The molecule has 1 aromatic carbocycles. The van der Waals surface area contributed by atoms with Gasteiger partial charge in [0.2, 0.25) is 0 Å². The summed E-state index contributed by atoms with van der Waals surface area (Å²) in [7, 11) is 0. The van der Waals surface area contributed by atoms with Crippen LogP contribution in [0.1, 0.15) is 19.4 Å². The maximum Gasteiger partial charge on any atom is 0.127 e. The molecule has 0 heterocycles. The average Bonchev–Trinajstić information content (AvgIpc) is 2.14. The topological polar surface area (TPSA) is 29.5 Å². The fourth-order valence-corrected chi connectivity index (χ4v) is 1.06. The third-order valence-electron chi connectivity index (χ3n) is 1.70. The van der Waals surface area contributed by atoms with Gasteiger partial charge in [-0.05, 0) is 23.6 Å². The van der Waals surface area contributed by atoms with E-state index in [1.54, 1.807) is 6.07 Å². The van der Waals surface area contributed by atoms with Gasteiger partial charge in [0, 0.05) is 6.07 Å². The highest BCUT2D eigenvalue weighted by molar-refractivity contribution is 5.29. The zero-order valence-corrected chi connectivity index (χ0v) is 8.46. The highest BCUT2D eigenvalue weighted by atomic mass is 19.1. The van der Waals surface area contributed by atoms with E-state index in [4.69, 9.17) is 9.84 Å². The van der Waals surface area contributed by atoms with E-state index >= 15 is 0 Å². The molecule has 0 spiro atoms. The highest BCUT2D eigenvalue weighted by Gasteiger charge is 2.02. The van der Waals surface area contributed by atoms with Gasteiger partial charge >= 0.3 is 0 Å². The van der Waals surface area contributed by atoms with Crippen LogP contribution in [0.15, 0.2) is 18.2 Å². The van der Waals surface area contributed by atoms with Gasteiger partial charge in [-0.2, -0.15) is 0 Å². The predicted molar refractivity (Wildman–Crippen MR) is 52.7 cm³/mol. The van der Waals surface area contributed by atoms with Gasteiger partial charge in [0.15, 0.2) is 0 Å². The Labute approximate surface area is 83.3 Å². The normalized spacial score (nSPS) is 10.6. The summed E-state index contributed by atoms with van der Waals surface area (Å²) < 4.78 is 18.3. The van der Waals surface area contributed by atoms with E-state index in [2.05, 4.69) is 0 Å². The van der Waals surface area contributed by atoms with Gasteiger partial charge in [-0.15, -0.1) is 0 Å². The minimum Gasteiger partial charge on any atom is -0.493 e. The van der Waals surface area contributed by atoms with Crippen LogP contribution in [0.3, 0.4) is 0 Å². The van der Waals surface area contributed by atoms with Crippen molar-refractivity contribution in [3.05, 3.63) is 29.6 Å². The second-order valence-corrected chi connectivity index (χ2v) is 3.66. The molecule has 0 atom stereocenters. The van der Waals surface area contributed by atoms with Gasteiger partial charge < -0.3 is 9.84 Å². The quantitative estimate of drug-likeness (QED) is 0.804. The smallest absolute Gasteiger partial charge is 0.127 e. The Kier molecular flexibility index (Phi) is 3.89. The summed E-state index contributed by atoms with van der Waals surface area (Å²) in [6.07, 6.45) is 0. The average molecular weight is 198 g/mol. The summed E-state index contributed by atoms with van der Waals surface area (Å²) in [5.74, 6) is 0.494. The first-order valence-corrected chi connectivity index (χ1v) is 4.65. The molecule has 0 aliphatic heterocycles. The lowest BCUT2D eigenvalue weighted by Crippen LogP contribution is -2.05. The Morgan fingerprint density at radius 2 is 2.07 bits per heavy atom. The maximum absolute atomic E-state index is 12.9. The molecule has 1 N–H and O–H groups in total. The number of halogens is 1. The zero-order chi connectivity index (χ0) is 10.6. The molecule has 2 nitrogen and oxygen atoms in total. The molecule has 78 valence electrons. The number of benzene rings is 1. The number of hydrogen-bond donors (Lipinski definition) is 1. The molecule has 0 saturated heterocycles. The van der Waals surface area contributed by atoms with Crippen LogP contribution in [0.25, 0.3) is 0 Å². The molecule has 0 unspecified atom stereocenters. The fraction of sp³-hybridized carbons (Fsp3) is 0.455. The van der Waals surface area contributed by atoms with Crippen molar-refractivity contribution in [3.8, 4) is 5.75 Å². The Hall–Kier alpha value is -1.09. The lowest BCUT2D eigenvalue weighted by molar-refractivity contribution is 0.264. The number of rotatable bonds is 4. The van der Waals surface area contributed by atoms with Crippen molar-refractivity contribution in [2.75, 3.05) is 6.61 Å². The molecule has 1 rings (SSSR count). The fourth-order valence-electron chi connectivity index (χ4n) is 1.06. The molecule has 0 amide bonds. The number of ether oxygens (including phenoxy) is 1. The third-order valence-corrected chi connectivity index (χ3v) is 1.70. The van der Waals surface area contributed by atoms with Gasteiger partial charge in [-0.1, -0.05) is 13.8 Å². The van der Waals surface area contributed by atoms with E-state index in [0.717, 1.165) is 0 Å². The van der Waals surface area contributed by atoms with E-state index in [0.29, 0.717) is 23.8 Å². The summed E-state index contributed by atoms with van der Waals surface area (Å²) in [6.45, 7) is 4.42. The van der Waals surface area contributed by atoms with Crippen molar-refractivity contribution in [1.82, 2.24) is 0 Å². The van der Waals surface area contributed by atoms with Crippen molar-refractivity contribution >= 4 is 0 Å².